The maximum Gasteiger partial charge on any atom is 0.124 e. The van der Waals surface area contributed by atoms with Crippen molar-refractivity contribution in [1.29, 1.82) is 0 Å². The minimum atomic E-state index is 0.628. The molecule has 0 amide bonds. The predicted octanol–water partition coefficient (Wildman–Crippen LogP) is 2.68. The molecule has 16 heavy (non-hydrogen) atoms. The summed E-state index contributed by atoms with van der Waals surface area (Å²) < 4.78 is 1.98. The molecular weight excluding hydrogens is 218 g/mol. The van der Waals surface area contributed by atoms with Crippen molar-refractivity contribution < 1.29 is 0 Å². The third kappa shape index (κ3) is 2.94. The van der Waals surface area contributed by atoms with Gasteiger partial charge in [-0.2, -0.15) is 16.9 Å². The van der Waals surface area contributed by atoms with Crippen LogP contribution in [0, 0.1) is 0 Å². The first kappa shape index (κ1) is 11.8. The van der Waals surface area contributed by atoms with E-state index >= 15 is 0 Å². The van der Waals surface area contributed by atoms with E-state index in [-0.39, 0.29) is 0 Å². The fourth-order valence-electron chi connectivity index (χ4n) is 2.10. The van der Waals surface area contributed by atoms with Gasteiger partial charge in [0.1, 0.15) is 5.82 Å². The first-order chi connectivity index (χ1) is 7.79. The molecule has 0 aromatic carbocycles. The van der Waals surface area contributed by atoms with Gasteiger partial charge in [-0.25, -0.2) is 0 Å². The predicted molar refractivity (Wildman–Crippen MR) is 71.2 cm³/mol. The molecular formula is C12H21N3S. The summed E-state index contributed by atoms with van der Waals surface area (Å²) in [6, 6.07) is 2.83. The summed E-state index contributed by atoms with van der Waals surface area (Å²) in [5, 5.41) is 8.12. The Morgan fingerprint density at radius 1 is 1.62 bits per heavy atom. The highest BCUT2D eigenvalue weighted by atomic mass is 32.2. The number of nitrogens with one attached hydrogen (secondary N) is 1. The summed E-state index contributed by atoms with van der Waals surface area (Å²) in [5.41, 5.74) is 1.20. The molecule has 0 radical (unpaired) electrons. The maximum absolute atomic E-state index is 4.51. The molecule has 1 aromatic rings. The van der Waals surface area contributed by atoms with Crippen LogP contribution < -0.4 is 5.32 Å². The number of rotatable bonds is 4. The molecule has 0 aliphatic carbocycles. The Morgan fingerprint density at radius 2 is 2.50 bits per heavy atom. The molecule has 90 valence electrons. The van der Waals surface area contributed by atoms with Crippen LogP contribution in [0.4, 0.5) is 5.82 Å². The average molecular weight is 239 g/mol. The molecule has 0 spiro atoms. The fraction of sp³-hybridized carbons (Fsp3) is 0.750. The van der Waals surface area contributed by atoms with Crippen LogP contribution >= 0.6 is 11.8 Å². The molecule has 1 aromatic heterocycles. The van der Waals surface area contributed by atoms with Gasteiger partial charge in [0.25, 0.3) is 0 Å². The number of hydrogen-bond donors (Lipinski definition) is 1. The number of anilines is 1. The minimum Gasteiger partial charge on any atom is -0.367 e. The summed E-state index contributed by atoms with van der Waals surface area (Å²) in [7, 11) is 2.03. The Morgan fingerprint density at radius 3 is 3.19 bits per heavy atom. The van der Waals surface area contributed by atoms with E-state index < -0.39 is 0 Å². The summed E-state index contributed by atoms with van der Waals surface area (Å²) in [4.78, 5) is 0. The monoisotopic (exact) mass is 239 g/mol. The van der Waals surface area contributed by atoms with Gasteiger partial charge in [0.15, 0.2) is 0 Å². The standard InChI is InChI=1S/C12H21N3S/c1-3-5-10-8-12(15(2)14-10)13-11-6-4-7-16-9-11/h8,11,13H,3-7,9H2,1-2H3. The van der Waals surface area contributed by atoms with Crippen molar-refractivity contribution in [2.75, 3.05) is 16.8 Å². The third-order valence-electron chi connectivity index (χ3n) is 2.95. The van der Waals surface area contributed by atoms with Crippen molar-refractivity contribution >= 4 is 17.6 Å². The van der Waals surface area contributed by atoms with Gasteiger partial charge >= 0.3 is 0 Å². The van der Waals surface area contributed by atoms with Crippen molar-refractivity contribution in [3.63, 3.8) is 0 Å². The molecule has 1 saturated heterocycles. The Balaban J connectivity index is 1.96. The summed E-state index contributed by atoms with van der Waals surface area (Å²) in [6.07, 6.45) is 4.87. The van der Waals surface area contributed by atoms with Gasteiger partial charge in [-0.15, -0.1) is 0 Å². The van der Waals surface area contributed by atoms with Gasteiger partial charge in [-0.1, -0.05) is 13.3 Å². The van der Waals surface area contributed by atoms with Gasteiger partial charge in [0.05, 0.1) is 5.69 Å². The maximum atomic E-state index is 4.51. The second kappa shape index (κ2) is 5.62. The lowest BCUT2D eigenvalue weighted by molar-refractivity contribution is 0.665. The molecule has 2 rings (SSSR count). The molecule has 1 unspecified atom stereocenters. The molecule has 1 aliphatic heterocycles. The molecule has 4 heteroatoms. The lowest BCUT2D eigenvalue weighted by Gasteiger charge is -2.23. The zero-order chi connectivity index (χ0) is 11.4. The molecule has 1 fully saturated rings. The van der Waals surface area contributed by atoms with Crippen LogP contribution in [0.2, 0.25) is 0 Å². The lowest BCUT2D eigenvalue weighted by Crippen LogP contribution is -2.26. The summed E-state index contributed by atoms with van der Waals surface area (Å²) in [5.74, 6) is 3.73. The van der Waals surface area contributed by atoms with Crippen molar-refractivity contribution in [2.45, 2.75) is 38.6 Å². The van der Waals surface area contributed by atoms with Crippen LogP contribution in [0.1, 0.15) is 31.9 Å². The number of aryl methyl sites for hydroxylation is 2. The van der Waals surface area contributed by atoms with Gasteiger partial charge in [-0.05, 0) is 25.0 Å². The molecule has 1 aliphatic rings. The first-order valence-corrected chi connectivity index (χ1v) is 7.32. The Labute approximate surface area is 102 Å². The molecule has 1 N–H and O–H groups in total. The van der Waals surface area contributed by atoms with Crippen LogP contribution in [0.25, 0.3) is 0 Å². The lowest BCUT2D eigenvalue weighted by atomic mass is 10.2. The highest BCUT2D eigenvalue weighted by Gasteiger charge is 2.15. The van der Waals surface area contributed by atoms with E-state index in [4.69, 9.17) is 0 Å². The van der Waals surface area contributed by atoms with E-state index in [2.05, 4.69) is 35.2 Å². The minimum absolute atomic E-state index is 0.628. The molecule has 0 bridgehead atoms. The third-order valence-corrected chi connectivity index (χ3v) is 4.16. The molecule has 3 nitrogen and oxygen atoms in total. The highest BCUT2D eigenvalue weighted by molar-refractivity contribution is 7.99. The molecule has 1 atom stereocenters. The van der Waals surface area contributed by atoms with Crippen LogP contribution in [-0.2, 0) is 13.5 Å². The van der Waals surface area contributed by atoms with Crippen LogP contribution in [-0.4, -0.2) is 27.3 Å². The fourth-order valence-corrected chi connectivity index (χ4v) is 3.18. The van der Waals surface area contributed by atoms with Gasteiger partial charge in [-0.3, -0.25) is 4.68 Å². The van der Waals surface area contributed by atoms with E-state index in [1.165, 1.54) is 35.9 Å². The van der Waals surface area contributed by atoms with Crippen LogP contribution in [0.15, 0.2) is 6.07 Å². The quantitative estimate of drug-likeness (QED) is 0.876. The second-order valence-electron chi connectivity index (χ2n) is 4.45. The topological polar surface area (TPSA) is 29.9 Å². The zero-order valence-corrected chi connectivity index (χ0v) is 11.0. The summed E-state index contributed by atoms with van der Waals surface area (Å²) in [6.45, 7) is 2.19. The Kier molecular flexibility index (Phi) is 4.16. The summed E-state index contributed by atoms with van der Waals surface area (Å²) >= 11 is 2.05. The van der Waals surface area contributed by atoms with E-state index in [0.29, 0.717) is 6.04 Å². The van der Waals surface area contributed by atoms with Crippen LogP contribution in [0.5, 0.6) is 0 Å². The van der Waals surface area contributed by atoms with E-state index in [1.54, 1.807) is 0 Å². The van der Waals surface area contributed by atoms with Gasteiger partial charge in [0, 0.05) is 24.9 Å². The second-order valence-corrected chi connectivity index (χ2v) is 5.60. The van der Waals surface area contributed by atoms with Gasteiger partial charge in [0.2, 0.25) is 0 Å². The highest BCUT2D eigenvalue weighted by Crippen LogP contribution is 2.21. The number of nitrogens with zero attached hydrogens (tertiary/aromatic N) is 2. The molecule has 0 saturated carbocycles. The smallest absolute Gasteiger partial charge is 0.124 e. The number of hydrogen-bond acceptors (Lipinski definition) is 3. The van der Waals surface area contributed by atoms with Gasteiger partial charge < -0.3 is 5.32 Å². The van der Waals surface area contributed by atoms with E-state index in [1.807, 2.05) is 11.7 Å². The number of aromatic nitrogens is 2. The normalized spacial score (nSPS) is 21.0. The van der Waals surface area contributed by atoms with E-state index in [9.17, 15) is 0 Å². The Hall–Kier alpha value is -0.640. The van der Waals surface area contributed by atoms with Crippen molar-refractivity contribution in [1.82, 2.24) is 9.78 Å². The first-order valence-electron chi connectivity index (χ1n) is 6.16. The number of thioether (sulfide) groups is 1. The average Bonchev–Trinajstić information content (AvgIpc) is 2.61. The molecule has 2 heterocycles. The van der Waals surface area contributed by atoms with Crippen molar-refractivity contribution in [3.05, 3.63) is 11.8 Å². The zero-order valence-electron chi connectivity index (χ0n) is 10.2. The Bertz CT molecular complexity index is 329. The SMILES string of the molecule is CCCc1cc(NC2CCCSC2)n(C)n1. The van der Waals surface area contributed by atoms with Crippen LogP contribution in [0.3, 0.4) is 0 Å². The van der Waals surface area contributed by atoms with E-state index in [0.717, 1.165) is 12.8 Å². The largest absolute Gasteiger partial charge is 0.367 e. The van der Waals surface area contributed by atoms with Crippen molar-refractivity contribution in [2.24, 2.45) is 7.05 Å². The van der Waals surface area contributed by atoms with Crippen molar-refractivity contribution in [3.8, 4) is 0 Å².